The Morgan fingerprint density at radius 2 is 1.17 bits per heavy atom. The van der Waals surface area contributed by atoms with Gasteiger partial charge in [-0.2, -0.15) is 7.82 Å². The molecule has 0 aromatic rings. The molecule has 0 fully saturated rings. The van der Waals surface area contributed by atoms with Gasteiger partial charge in [0.15, 0.2) is 0 Å². The molecule has 0 radical (unpaired) electrons. The average Bonchev–Trinajstić information content (AvgIpc) is 1.96. The van der Waals surface area contributed by atoms with Crippen LogP contribution in [-0.4, -0.2) is 229 Å². The second-order valence-corrected chi connectivity index (χ2v) is 3.20. The van der Waals surface area contributed by atoms with Crippen molar-refractivity contribution in [2.24, 2.45) is 5.73 Å². The molecular formula is C5H12K4NNa4O8P. The summed E-state index contributed by atoms with van der Waals surface area (Å²) in [6.45, 7) is 0. The fraction of sp³-hybridized carbons (Fsp3) is 0.600. The van der Waals surface area contributed by atoms with Crippen molar-refractivity contribution in [3.05, 3.63) is 0 Å². The quantitative estimate of drug-likeness (QED) is 0.283. The van der Waals surface area contributed by atoms with Gasteiger partial charge in [-0.05, 0) is 6.42 Å². The monoisotopic (exact) mass is 493 g/mol. The van der Waals surface area contributed by atoms with E-state index in [1.807, 2.05) is 0 Å². The smallest absolute Gasteiger partial charge is 1.00 e. The minimum atomic E-state index is -5.39. The topological polar surface area (TPSA) is 190 Å². The predicted molar refractivity (Wildman–Crippen MR) is 66.1 cm³/mol. The fourth-order valence-corrected chi connectivity index (χ4v) is 0.397. The van der Waals surface area contributed by atoms with Crippen molar-refractivity contribution in [3.8, 4) is 0 Å². The van der Waals surface area contributed by atoms with Crippen molar-refractivity contribution in [1.82, 2.24) is 0 Å². The van der Waals surface area contributed by atoms with Gasteiger partial charge < -0.3 is 40.0 Å². The third-order valence-electron chi connectivity index (χ3n) is 0.972. The van der Waals surface area contributed by atoms with E-state index < -0.39 is 25.8 Å². The number of carbonyl (C=O) groups excluding carboxylic acids is 1. The zero-order valence-electron chi connectivity index (χ0n) is 11.3. The first kappa shape index (κ1) is 63.7. The van der Waals surface area contributed by atoms with Crippen LogP contribution in [-0.2, 0) is 14.2 Å². The molecule has 0 unspecified atom stereocenters. The van der Waals surface area contributed by atoms with Gasteiger partial charge in [0.05, 0.1) is 5.97 Å². The summed E-state index contributed by atoms with van der Waals surface area (Å²) in [7, 11) is -5.39. The van der Waals surface area contributed by atoms with Crippen LogP contribution in [0.4, 0.5) is 0 Å². The second kappa shape index (κ2) is 41.8. The van der Waals surface area contributed by atoms with Crippen LogP contribution in [0.2, 0.25) is 0 Å². The molecule has 0 aromatic carbocycles. The Bertz CT molecular complexity index is 281. The van der Waals surface area contributed by atoms with Crippen LogP contribution in [0.5, 0.6) is 0 Å². The maximum Gasteiger partial charge on any atom is 1.00 e. The molecule has 18 heteroatoms. The van der Waals surface area contributed by atoms with Gasteiger partial charge in [0, 0.05) is 12.5 Å². The van der Waals surface area contributed by atoms with Crippen molar-refractivity contribution in [3.63, 3.8) is 0 Å². The van der Waals surface area contributed by atoms with Gasteiger partial charge in [0.25, 0.3) is 0 Å². The van der Waals surface area contributed by atoms with E-state index in [-0.39, 0.29) is 337 Å². The van der Waals surface area contributed by atoms with Gasteiger partial charge in [-0.3, -0.25) is 4.79 Å². The first-order valence-electron chi connectivity index (χ1n) is 3.45. The van der Waals surface area contributed by atoms with E-state index in [1.165, 1.54) is 0 Å². The largest absolute Gasteiger partial charge is 1.00 e. The van der Waals surface area contributed by atoms with E-state index >= 15 is 0 Å². The molecule has 0 bridgehead atoms. The zero-order valence-corrected chi connectivity index (χ0v) is 20.2. The van der Waals surface area contributed by atoms with Gasteiger partial charge in [0.2, 0.25) is 0 Å². The number of aliphatic carboxylic acids is 2. The molecule has 0 aromatic heterocycles. The molecule has 0 saturated heterocycles. The Morgan fingerprint density at radius 3 is 1.30 bits per heavy atom. The summed E-state index contributed by atoms with van der Waals surface area (Å²) in [5.74, 6) is -2.47. The number of hydrogen-bond acceptors (Lipinski definition) is 8. The third kappa shape index (κ3) is 80.1. The zero-order chi connectivity index (χ0) is 12.6. The molecule has 0 aliphatic heterocycles. The SMILES string of the molecule is N[C@@H](CCC(=O)O)C(=O)[O-].O=P([O-])([O-])[O-].[KH].[KH].[KH].[KH].[Na+].[Na+].[Na+].[Na+]. The van der Waals surface area contributed by atoms with Crippen LogP contribution < -0.4 is 144 Å². The van der Waals surface area contributed by atoms with Gasteiger partial charge in [0.1, 0.15) is 0 Å². The van der Waals surface area contributed by atoms with Crippen molar-refractivity contribution in [2.45, 2.75) is 18.9 Å². The maximum atomic E-state index is 9.88. The summed E-state index contributed by atoms with van der Waals surface area (Å²) in [5, 5.41) is 18.0. The summed E-state index contributed by atoms with van der Waals surface area (Å²) in [6, 6.07) is -1.17. The molecule has 3 N–H and O–H groups in total. The molecule has 1 atom stereocenters. The fourth-order valence-electron chi connectivity index (χ4n) is 0.397. The number of carboxylic acid groups (broad SMARTS) is 2. The Hall–Kier alpha value is 9.56. The molecule has 98 valence electrons. The van der Waals surface area contributed by atoms with Gasteiger partial charge in [-0.1, -0.05) is 0 Å². The second-order valence-electron chi connectivity index (χ2n) is 2.31. The normalized spacial score (nSPS) is 8.00. The predicted octanol–water partition coefficient (Wildman–Crippen LogP) is -19.5. The van der Waals surface area contributed by atoms with Crippen LogP contribution >= 0.6 is 7.82 Å². The minimum Gasteiger partial charge on any atom is 1.00 e. The van der Waals surface area contributed by atoms with E-state index in [0.717, 1.165) is 0 Å². The number of rotatable bonds is 4. The molecule has 0 aliphatic rings. The summed E-state index contributed by atoms with van der Waals surface area (Å²) in [4.78, 5) is 45.4. The van der Waals surface area contributed by atoms with Crippen molar-refractivity contribution >= 4 is 225 Å². The molecule has 9 nitrogen and oxygen atoms in total. The average molecular weight is 493 g/mol. The molecule has 23 heavy (non-hydrogen) atoms. The van der Waals surface area contributed by atoms with E-state index in [1.54, 1.807) is 0 Å². The standard InChI is InChI=1S/C5H9NO4.4K.4Na.H3O4P.4H/c6-3(5(9)10)1-2-4(7)8;;;;;;;;;1-5(2,3)4;;;;/h3H,1-2,6H2,(H,7,8)(H,9,10);;;;;;;;;(H3,1,2,3,4);;;;/q;;;;;4*+1;;;;;/p-4/t3-;;;;;;;;;;;;;/m0............./s1. The van der Waals surface area contributed by atoms with Gasteiger partial charge in [-0.15, -0.1) is 0 Å². The molecule has 0 amide bonds. The molecular weight excluding hydrogens is 481 g/mol. The summed E-state index contributed by atoms with van der Waals surface area (Å²) < 4.78 is 8.55. The van der Waals surface area contributed by atoms with E-state index in [4.69, 9.17) is 30.1 Å². The molecule has 0 saturated carbocycles. The number of carboxylic acids is 2. The van der Waals surface area contributed by atoms with Crippen molar-refractivity contribution < 1.29 is 157 Å². The number of phosphoric acid groups is 1. The van der Waals surface area contributed by atoms with Gasteiger partial charge >= 0.3 is 330 Å². The molecule has 0 heterocycles. The Morgan fingerprint density at radius 1 is 0.957 bits per heavy atom. The third-order valence-corrected chi connectivity index (χ3v) is 0.972. The van der Waals surface area contributed by atoms with E-state index in [0.29, 0.717) is 0 Å². The molecule has 0 rings (SSSR count). The molecule has 0 spiro atoms. The number of carbonyl (C=O) groups is 2. The Kier molecular flexibility index (Phi) is 116. The van der Waals surface area contributed by atoms with Crippen LogP contribution in [0, 0.1) is 0 Å². The van der Waals surface area contributed by atoms with E-state index in [9.17, 15) is 14.7 Å². The Labute approximate surface area is 394 Å². The van der Waals surface area contributed by atoms with E-state index in [2.05, 4.69) is 0 Å². The van der Waals surface area contributed by atoms with Crippen LogP contribution in [0.3, 0.4) is 0 Å². The summed E-state index contributed by atoms with van der Waals surface area (Å²) in [6.07, 6.45) is -0.327. The van der Waals surface area contributed by atoms with Crippen molar-refractivity contribution in [2.75, 3.05) is 0 Å². The van der Waals surface area contributed by atoms with Crippen LogP contribution in [0.15, 0.2) is 0 Å². The number of hydrogen-bond donors (Lipinski definition) is 2. The first-order valence-corrected chi connectivity index (χ1v) is 4.91. The maximum absolute atomic E-state index is 9.88. The minimum absolute atomic E-state index is 0. The first-order chi connectivity index (χ1) is 6.54. The molecule has 0 aliphatic carbocycles. The summed E-state index contributed by atoms with van der Waals surface area (Å²) >= 11 is 0. The summed E-state index contributed by atoms with van der Waals surface area (Å²) in [5.41, 5.74) is 4.94. The Balaban J connectivity index is -0.0000000149. The van der Waals surface area contributed by atoms with Crippen molar-refractivity contribution in [1.29, 1.82) is 0 Å². The number of nitrogens with two attached hydrogens (primary N) is 1. The van der Waals surface area contributed by atoms with Gasteiger partial charge in [-0.25, -0.2) is 0 Å². The van der Waals surface area contributed by atoms with Crippen LogP contribution in [0.25, 0.3) is 0 Å². The van der Waals surface area contributed by atoms with Crippen LogP contribution in [0.1, 0.15) is 12.8 Å².